The predicted octanol–water partition coefficient (Wildman–Crippen LogP) is 1.68. The SMILES string of the molecule is CN1CCC(NC(=O)C2(c3ccccc3F)CC2)C1. The summed E-state index contributed by atoms with van der Waals surface area (Å²) in [5, 5.41) is 3.09. The number of hydrogen-bond donors (Lipinski definition) is 1. The fraction of sp³-hybridized carbons (Fsp3) is 0.533. The summed E-state index contributed by atoms with van der Waals surface area (Å²) in [6.07, 6.45) is 2.49. The zero-order valence-corrected chi connectivity index (χ0v) is 11.2. The molecule has 102 valence electrons. The van der Waals surface area contributed by atoms with Crippen molar-refractivity contribution in [3.8, 4) is 0 Å². The lowest BCUT2D eigenvalue weighted by Crippen LogP contribution is -2.42. The highest BCUT2D eigenvalue weighted by Gasteiger charge is 2.53. The van der Waals surface area contributed by atoms with Crippen molar-refractivity contribution in [2.45, 2.75) is 30.7 Å². The molecule has 1 aromatic rings. The predicted molar refractivity (Wildman–Crippen MR) is 71.4 cm³/mol. The van der Waals surface area contributed by atoms with E-state index >= 15 is 0 Å². The van der Waals surface area contributed by atoms with Gasteiger partial charge >= 0.3 is 0 Å². The lowest BCUT2D eigenvalue weighted by Gasteiger charge is -2.20. The molecule has 3 nitrogen and oxygen atoms in total. The molecule has 4 heteroatoms. The molecule has 1 saturated heterocycles. The number of likely N-dealkylation sites (tertiary alicyclic amines) is 1. The van der Waals surface area contributed by atoms with Crippen LogP contribution in [0.15, 0.2) is 24.3 Å². The first-order valence-corrected chi connectivity index (χ1v) is 6.86. The molecule has 1 aromatic carbocycles. The molecule has 0 spiro atoms. The largest absolute Gasteiger partial charge is 0.351 e. The monoisotopic (exact) mass is 262 g/mol. The lowest BCUT2D eigenvalue weighted by molar-refractivity contribution is -0.124. The summed E-state index contributed by atoms with van der Waals surface area (Å²) in [6.45, 7) is 1.90. The maximum absolute atomic E-state index is 13.9. The topological polar surface area (TPSA) is 32.3 Å². The molecule has 2 aliphatic rings. The van der Waals surface area contributed by atoms with Gasteiger partial charge in [0.1, 0.15) is 5.82 Å². The van der Waals surface area contributed by atoms with E-state index in [-0.39, 0.29) is 17.8 Å². The Morgan fingerprint density at radius 2 is 2.16 bits per heavy atom. The summed E-state index contributed by atoms with van der Waals surface area (Å²) in [5.41, 5.74) is -0.0502. The van der Waals surface area contributed by atoms with Crippen LogP contribution in [0, 0.1) is 5.82 Å². The fourth-order valence-electron chi connectivity index (χ4n) is 2.97. The van der Waals surface area contributed by atoms with Gasteiger partial charge in [-0.3, -0.25) is 4.79 Å². The van der Waals surface area contributed by atoms with Gasteiger partial charge in [-0.05, 0) is 38.9 Å². The lowest BCUT2D eigenvalue weighted by atomic mass is 9.94. The summed E-state index contributed by atoms with van der Waals surface area (Å²) in [6, 6.07) is 6.85. The molecule has 2 fully saturated rings. The molecule has 3 rings (SSSR count). The molecule has 1 aliphatic heterocycles. The Morgan fingerprint density at radius 3 is 2.74 bits per heavy atom. The first-order valence-electron chi connectivity index (χ1n) is 6.86. The van der Waals surface area contributed by atoms with Gasteiger partial charge in [-0.25, -0.2) is 4.39 Å². The van der Waals surface area contributed by atoms with Crippen LogP contribution in [0.1, 0.15) is 24.8 Å². The van der Waals surface area contributed by atoms with E-state index < -0.39 is 5.41 Å². The number of nitrogens with zero attached hydrogens (tertiary/aromatic N) is 1. The Hall–Kier alpha value is -1.42. The van der Waals surface area contributed by atoms with E-state index in [9.17, 15) is 9.18 Å². The molecule has 19 heavy (non-hydrogen) atoms. The Labute approximate surface area is 112 Å². The average Bonchev–Trinajstić information content (AvgIpc) is 3.09. The van der Waals surface area contributed by atoms with Crippen LogP contribution in [-0.2, 0) is 10.2 Å². The van der Waals surface area contributed by atoms with Crippen molar-refractivity contribution >= 4 is 5.91 Å². The molecule has 1 N–H and O–H groups in total. The highest BCUT2D eigenvalue weighted by atomic mass is 19.1. The Balaban J connectivity index is 1.74. The summed E-state index contributed by atoms with van der Waals surface area (Å²) < 4.78 is 13.9. The minimum Gasteiger partial charge on any atom is -0.351 e. The van der Waals surface area contributed by atoms with E-state index in [1.54, 1.807) is 18.2 Å². The molecule has 1 atom stereocenters. The summed E-state index contributed by atoms with van der Waals surface area (Å²) in [7, 11) is 2.05. The minimum absolute atomic E-state index is 0.00194. The van der Waals surface area contributed by atoms with Gasteiger partial charge in [0.15, 0.2) is 0 Å². The smallest absolute Gasteiger partial charge is 0.231 e. The Morgan fingerprint density at radius 1 is 1.42 bits per heavy atom. The van der Waals surface area contributed by atoms with Crippen LogP contribution < -0.4 is 5.32 Å². The number of carbonyl (C=O) groups excluding carboxylic acids is 1. The zero-order valence-electron chi connectivity index (χ0n) is 11.2. The summed E-state index contributed by atoms with van der Waals surface area (Å²) in [4.78, 5) is 14.6. The van der Waals surface area contributed by atoms with Crippen LogP contribution in [-0.4, -0.2) is 37.0 Å². The molecular weight excluding hydrogens is 243 g/mol. The molecule has 1 amide bonds. The van der Waals surface area contributed by atoms with Gasteiger partial charge in [0.05, 0.1) is 5.41 Å². The van der Waals surface area contributed by atoms with Crippen molar-refractivity contribution < 1.29 is 9.18 Å². The summed E-state index contributed by atoms with van der Waals surface area (Å²) >= 11 is 0. The molecular formula is C15H19FN2O. The minimum atomic E-state index is -0.605. The number of hydrogen-bond acceptors (Lipinski definition) is 2. The van der Waals surface area contributed by atoms with E-state index in [0.717, 1.165) is 32.4 Å². The second-order valence-electron chi connectivity index (χ2n) is 5.78. The normalized spacial score (nSPS) is 25.3. The first-order chi connectivity index (χ1) is 9.12. The molecule has 0 bridgehead atoms. The maximum Gasteiger partial charge on any atom is 0.231 e. The number of likely N-dealkylation sites (N-methyl/N-ethyl adjacent to an activating group) is 1. The third-order valence-electron chi connectivity index (χ3n) is 4.30. The second-order valence-corrected chi connectivity index (χ2v) is 5.78. The quantitative estimate of drug-likeness (QED) is 0.899. The van der Waals surface area contributed by atoms with Gasteiger partial charge in [-0.2, -0.15) is 0 Å². The van der Waals surface area contributed by atoms with Crippen LogP contribution in [0.4, 0.5) is 4.39 Å². The van der Waals surface area contributed by atoms with Gasteiger partial charge < -0.3 is 10.2 Å². The highest BCUT2D eigenvalue weighted by Crippen LogP contribution is 2.49. The fourth-order valence-corrected chi connectivity index (χ4v) is 2.97. The molecule has 1 saturated carbocycles. The third kappa shape index (κ3) is 2.25. The van der Waals surface area contributed by atoms with Gasteiger partial charge in [0, 0.05) is 18.2 Å². The number of amides is 1. The van der Waals surface area contributed by atoms with E-state index in [0.29, 0.717) is 5.56 Å². The highest BCUT2D eigenvalue weighted by molar-refractivity contribution is 5.91. The van der Waals surface area contributed by atoms with E-state index in [4.69, 9.17) is 0 Å². The molecule has 1 heterocycles. The van der Waals surface area contributed by atoms with Gasteiger partial charge in [0.25, 0.3) is 0 Å². The van der Waals surface area contributed by atoms with Crippen LogP contribution in [0.2, 0.25) is 0 Å². The van der Waals surface area contributed by atoms with Gasteiger partial charge in [0.2, 0.25) is 5.91 Å². The Kier molecular flexibility index (Phi) is 3.05. The van der Waals surface area contributed by atoms with Crippen LogP contribution in [0.3, 0.4) is 0 Å². The number of carbonyl (C=O) groups is 1. The van der Waals surface area contributed by atoms with Crippen molar-refractivity contribution in [2.75, 3.05) is 20.1 Å². The van der Waals surface area contributed by atoms with Crippen LogP contribution in [0.25, 0.3) is 0 Å². The number of nitrogens with one attached hydrogen (secondary N) is 1. The van der Waals surface area contributed by atoms with Crippen molar-refractivity contribution in [3.05, 3.63) is 35.6 Å². The molecule has 1 aliphatic carbocycles. The van der Waals surface area contributed by atoms with Crippen molar-refractivity contribution in [1.29, 1.82) is 0 Å². The van der Waals surface area contributed by atoms with Crippen molar-refractivity contribution in [3.63, 3.8) is 0 Å². The molecule has 1 unspecified atom stereocenters. The maximum atomic E-state index is 13.9. The van der Waals surface area contributed by atoms with Gasteiger partial charge in [-0.1, -0.05) is 18.2 Å². The van der Waals surface area contributed by atoms with Crippen molar-refractivity contribution in [2.24, 2.45) is 0 Å². The first kappa shape index (κ1) is 12.6. The number of rotatable bonds is 3. The van der Waals surface area contributed by atoms with Crippen LogP contribution >= 0.6 is 0 Å². The second kappa shape index (κ2) is 4.60. The zero-order chi connectivity index (χ0) is 13.5. The van der Waals surface area contributed by atoms with Crippen molar-refractivity contribution in [1.82, 2.24) is 10.2 Å². The summed E-state index contributed by atoms with van der Waals surface area (Å²) in [5.74, 6) is -0.267. The van der Waals surface area contributed by atoms with E-state index in [2.05, 4.69) is 17.3 Å². The molecule has 0 aromatic heterocycles. The van der Waals surface area contributed by atoms with E-state index in [1.807, 2.05) is 0 Å². The average molecular weight is 262 g/mol. The standard InChI is InChI=1S/C15H19FN2O/c1-18-9-6-11(10-18)17-14(19)15(7-8-15)12-4-2-3-5-13(12)16/h2-5,11H,6-10H2,1H3,(H,17,19). The van der Waals surface area contributed by atoms with Crippen LogP contribution in [0.5, 0.6) is 0 Å². The van der Waals surface area contributed by atoms with Gasteiger partial charge in [-0.15, -0.1) is 0 Å². The Bertz CT molecular complexity index is 499. The molecule has 0 radical (unpaired) electrons. The number of benzene rings is 1. The number of halogens is 1. The third-order valence-corrected chi connectivity index (χ3v) is 4.30. The van der Waals surface area contributed by atoms with E-state index in [1.165, 1.54) is 6.07 Å².